The van der Waals surface area contributed by atoms with Crippen LogP contribution in [0.15, 0.2) is 30.5 Å². The van der Waals surface area contributed by atoms with Crippen LogP contribution in [-0.4, -0.2) is 70.8 Å². The lowest BCUT2D eigenvalue weighted by molar-refractivity contribution is 0.0521. The summed E-state index contributed by atoms with van der Waals surface area (Å²) in [5.74, 6) is 0.471. The molecule has 6 nitrogen and oxygen atoms in total. The quantitative estimate of drug-likeness (QED) is 0.754. The maximum Gasteiger partial charge on any atom is 0.257 e. The van der Waals surface area contributed by atoms with Gasteiger partial charge in [-0.25, -0.2) is 4.68 Å². The van der Waals surface area contributed by atoms with E-state index in [1.165, 1.54) is 32.1 Å². The lowest BCUT2D eigenvalue weighted by Gasteiger charge is -2.40. The van der Waals surface area contributed by atoms with Gasteiger partial charge in [-0.15, -0.1) is 0 Å². The number of nitrogens with one attached hydrogen (secondary N) is 1. The molecule has 0 spiro atoms. The fourth-order valence-corrected chi connectivity index (χ4v) is 5.83. The molecular formula is C25H34ClN5O. The number of piperazine rings is 1. The largest absolute Gasteiger partial charge is 0.336 e. The van der Waals surface area contributed by atoms with E-state index in [0.717, 1.165) is 75.1 Å². The van der Waals surface area contributed by atoms with Crippen LogP contribution in [0.5, 0.6) is 0 Å². The molecule has 2 aromatic rings. The molecule has 3 heterocycles. The zero-order valence-corrected chi connectivity index (χ0v) is 19.6. The molecule has 0 bridgehead atoms. The monoisotopic (exact) mass is 455 g/mol. The van der Waals surface area contributed by atoms with Gasteiger partial charge in [-0.3, -0.25) is 9.69 Å². The summed E-state index contributed by atoms with van der Waals surface area (Å²) < 4.78 is 1.97. The summed E-state index contributed by atoms with van der Waals surface area (Å²) in [5.41, 5.74) is 2.80. The van der Waals surface area contributed by atoms with Gasteiger partial charge < -0.3 is 10.2 Å². The predicted molar refractivity (Wildman–Crippen MR) is 128 cm³/mol. The van der Waals surface area contributed by atoms with Crippen LogP contribution < -0.4 is 5.32 Å². The van der Waals surface area contributed by atoms with Crippen LogP contribution >= 0.6 is 11.6 Å². The Hall–Kier alpha value is -1.89. The Morgan fingerprint density at radius 3 is 2.31 bits per heavy atom. The maximum absolute atomic E-state index is 13.7. The SMILES string of the molecule is O=C(c1cnn(-c2ccc(Cl)cc2)c1C1CCNCC1)N1CCN(C2CCCCC2)CC1. The number of hydrogen-bond acceptors (Lipinski definition) is 4. The van der Waals surface area contributed by atoms with Crippen LogP contribution in [0.25, 0.3) is 5.69 Å². The number of amides is 1. The van der Waals surface area contributed by atoms with Crippen molar-refractivity contribution in [3.63, 3.8) is 0 Å². The first-order chi connectivity index (χ1) is 15.7. The van der Waals surface area contributed by atoms with Crippen molar-refractivity contribution >= 4 is 17.5 Å². The van der Waals surface area contributed by atoms with Crippen molar-refractivity contribution in [2.24, 2.45) is 0 Å². The molecule has 1 aliphatic carbocycles. The van der Waals surface area contributed by atoms with Gasteiger partial charge in [0.1, 0.15) is 0 Å². The molecule has 1 aromatic heterocycles. The van der Waals surface area contributed by atoms with Gasteiger partial charge in [0.05, 0.1) is 23.1 Å². The summed E-state index contributed by atoms with van der Waals surface area (Å²) in [6.07, 6.45) is 10.6. The number of carbonyl (C=O) groups excluding carboxylic acids is 1. The molecule has 1 amide bonds. The fraction of sp³-hybridized carbons (Fsp3) is 0.600. The summed E-state index contributed by atoms with van der Waals surface area (Å²) in [5, 5.41) is 8.84. The highest BCUT2D eigenvalue weighted by Gasteiger charge is 2.32. The number of carbonyl (C=O) groups is 1. The number of aromatic nitrogens is 2. The first-order valence-electron chi connectivity index (χ1n) is 12.3. The fourth-order valence-electron chi connectivity index (χ4n) is 5.71. The number of benzene rings is 1. The molecule has 2 saturated heterocycles. The molecule has 172 valence electrons. The number of piperidine rings is 1. The normalized spacial score (nSPS) is 21.7. The molecule has 3 aliphatic rings. The number of nitrogens with zero attached hydrogens (tertiary/aromatic N) is 4. The third-order valence-corrected chi connectivity index (χ3v) is 7.78. The van der Waals surface area contributed by atoms with Crippen LogP contribution in [0.2, 0.25) is 5.02 Å². The lowest BCUT2D eigenvalue weighted by Crippen LogP contribution is -2.52. The third kappa shape index (κ3) is 4.59. The van der Waals surface area contributed by atoms with E-state index in [0.29, 0.717) is 10.9 Å². The molecule has 0 radical (unpaired) electrons. The van der Waals surface area contributed by atoms with Crippen molar-refractivity contribution < 1.29 is 4.79 Å². The van der Waals surface area contributed by atoms with Crippen molar-refractivity contribution in [2.45, 2.75) is 56.9 Å². The molecule has 0 atom stereocenters. The van der Waals surface area contributed by atoms with Crippen LogP contribution in [0, 0.1) is 0 Å². The predicted octanol–water partition coefficient (Wildman–Crippen LogP) is 4.08. The Morgan fingerprint density at radius 2 is 1.62 bits per heavy atom. The molecule has 7 heteroatoms. The number of rotatable bonds is 4. The van der Waals surface area contributed by atoms with Gasteiger partial charge in [-0.1, -0.05) is 30.9 Å². The highest BCUT2D eigenvalue weighted by atomic mass is 35.5. The minimum atomic E-state index is 0.141. The van der Waals surface area contributed by atoms with Crippen LogP contribution in [0.1, 0.15) is 66.9 Å². The maximum atomic E-state index is 13.7. The lowest BCUT2D eigenvalue weighted by atomic mass is 9.91. The van der Waals surface area contributed by atoms with Gasteiger partial charge >= 0.3 is 0 Å². The second-order valence-corrected chi connectivity index (χ2v) is 9.91. The highest BCUT2D eigenvalue weighted by molar-refractivity contribution is 6.30. The molecule has 1 saturated carbocycles. The van der Waals surface area contributed by atoms with E-state index in [2.05, 4.69) is 10.2 Å². The highest BCUT2D eigenvalue weighted by Crippen LogP contribution is 2.32. The minimum Gasteiger partial charge on any atom is -0.336 e. The first-order valence-corrected chi connectivity index (χ1v) is 12.7. The molecule has 5 rings (SSSR count). The Bertz CT molecular complexity index is 907. The van der Waals surface area contributed by atoms with Crippen molar-refractivity contribution in [1.82, 2.24) is 24.9 Å². The van der Waals surface area contributed by atoms with E-state index in [-0.39, 0.29) is 5.91 Å². The summed E-state index contributed by atoms with van der Waals surface area (Å²) in [6, 6.07) is 8.46. The second kappa shape index (κ2) is 9.94. The molecule has 32 heavy (non-hydrogen) atoms. The average Bonchev–Trinajstić information content (AvgIpc) is 3.30. The van der Waals surface area contributed by atoms with E-state index < -0.39 is 0 Å². The van der Waals surface area contributed by atoms with Gasteiger partial charge in [0, 0.05) is 43.2 Å². The summed E-state index contributed by atoms with van der Waals surface area (Å²) in [4.78, 5) is 18.3. The smallest absolute Gasteiger partial charge is 0.257 e. The molecule has 2 aliphatic heterocycles. The van der Waals surface area contributed by atoms with Gasteiger partial charge in [0.2, 0.25) is 0 Å². The zero-order chi connectivity index (χ0) is 21.9. The Kier molecular flexibility index (Phi) is 6.81. The first kappa shape index (κ1) is 21.9. The average molecular weight is 456 g/mol. The van der Waals surface area contributed by atoms with Gasteiger partial charge in [0.15, 0.2) is 0 Å². The van der Waals surface area contributed by atoms with E-state index in [1.54, 1.807) is 6.20 Å². The van der Waals surface area contributed by atoms with Crippen LogP contribution in [0.4, 0.5) is 0 Å². The van der Waals surface area contributed by atoms with Crippen molar-refractivity contribution in [3.05, 3.63) is 46.7 Å². The second-order valence-electron chi connectivity index (χ2n) is 9.48. The number of halogens is 1. The van der Waals surface area contributed by atoms with Gasteiger partial charge in [-0.2, -0.15) is 5.10 Å². The van der Waals surface area contributed by atoms with E-state index >= 15 is 0 Å². The Balaban J connectivity index is 1.36. The third-order valence-electron chi connectivity index (χ3n) is 7.53. The van der Waals surface area contributed by atoms with E-state index in [4.69, 9.17) is 16.7 Å². The standard InChI is InChI=1S/C25H34ClN5O/c26-20-6-8-22(9-7-20)31-24(19-10-12-27-13-11-19)23(18-28-31)25(32)30-16-14-29(15-17-30)21-4-2-1-3-5-21/h6-9,18-19,21,27H,1-5,10-17H2. The summed E-state index contributed by atoms with van der Waals surface area (Å²) >= 11 is 6.11. The van der Waals surface area contributed by atoms with Crippen LogP contribution in [0.3, 0.4) is 0 Å². The molecule has 1 aromatic carbocycles. The van der Waals surface area contributed by atoms with E-state index in [1.807, 2.05) is 33.8 Å². The topological polar surface area (TPSA) is 53.4 Å². The zero-order valence-electron chi connectivity index (χ0n) is 18.8. The Labute approximate surface area is 195 Å². The van der Waals surface area contributed by atoms with Crippen molar-refractivity contribution in [2.75, 3.05) is 39.3 Å². The van der Waals surface area contributed by atoms with Gasteiger partial charge in [0.25, 0.3) is 5.91 Å². The van der Waals surface area contributed by atoms with Gasteiger partial charge in [-0.05, 0) is 63.0 Å². The minimum absolute atomic E-state index is 0.141. The summed E-state index contributed by atoms with van der Waals surface area (Å²) in [6.45, 7) is 5.56. The van der Waals surface area contributed by atoms with Crippen LogP contribution in [-0.2, 0) is 0 Å². The Morgan fingerprint density at radius 1 is 0.938 bits per heavy atom. The molecule has 1 N–H and O–H groups in total. The van der Waals surface area contributed by atoms with Crippen molar-refractivity contribution in [3.8, 4) is 5.69 Å². The molecule has 3 fully saturated rings. The summed E-state index contributed by atoms with van der Waals surface area (Å²) in [7, 11) is 0. The number of hydrogen-bond donors (Lipinski definition) is 1. The van der Waals surface area contributed by atoms with E-state index in [9.17, 15) is 4.79 Å². The van der Waals surface area contributed by atoms with Crippen molar-refractivity contribution in [1.29, 1.82) is 0 Å². The molecular weight excluding hydrogens is 422 g/mol. The molecule has 0 unspecified atom stereocenters.